The Bertz CT molecular complexity index is 990. The highest BCUT2D eigenvalue weighted by molar-refractivity contribution is 6.31. The Morgan fingerprint density at radius 3 is 2.86 bits per heavy atom. The second kappa shape index (κ2) is 7.83. The Balaban J connectivity index is 1.43. The first-order chi connectivity index (χ1) is 13.9. The first-order valence-electron chi connectivity index (χ1n) is 9.39. The van der Waals surface area contributed by atoms with E-state index in [4.69, 9.17) is 11.6 Å². The van der Waals surface area contributed by atoms with Crippen LogP contribution in [-0.2, 0) is 27.3 Å². The van der Waals surface area contributed by atoms with Crippen molar-refractivity contribution in [2.75, 3.05) is 16.8 Å². The van der Waals surface area contributed by atoms with E-state index in [1.165, 1.54) is 12.1 Å². The molecule has 1 fully saturated rings. The summed E-state index contributed by atoms with van der Waals surface area (Å²) in [6.07, 6.45) is 1.40. The molecule has 2 aromatic carbocycles. The first kappa shape index (κ1) is 19.4. The van der Waals surface area contributed by atoms with E-state index in [9.17, 15) is 18.8 Å². The Hall–Kier alpha value is -2.93. The monoisotopic (exact) mass is 415 g/mol. The molecule has 1 saturated heterocycles. The van der Waals surface area contributed by atoms with Gasteiger partial charge in [-0.25, -0.2) is 4.39 Å². The zero-order valence-electron chi connectivity index (χ0n) is 15.5. The van der Waals surface area contributed by atoms with Gasteiger partial charge in [-0.05, 0) is 48.7 Å². The molecule has 1 atom stereocenters. The summed E-state index contributed by atoms with van der Waals surface area (Å²) in [6.45, 7) is 0.342. The molecule has 2 aromatic rings. The molecule has 2 N–H and O–H groups in total. The van der Waals surface area contributed by atoms with E-state index in [1.807, 2.05) is 6.07 Å². The maximum absolute atomic E-state index is 13.9. The van der Waals surface area contributed by atoms with Crippen LogP contribution in [0.25, 0.3) is 0 Å². The molecular weight excluding hydrogens is 397 g/mol. The number of rotatable bonds is 4. The molecule has 0 aromatic heterocycles. The minimum absolute atomic E-state index is 0.0193. The van der Waals surface area contributed by atoms with Gasteiger partial charge in [0.25, 0.3) is 0 Å². The highest BCUT2D eigenvalue weighted by atomic mass is 35.5. The van der Waals surface area contributed by atoms with Gasteiger partial charge >= 0.3 is 0 Å². The fourth-order valence-electron chi connectivity index (χ4n) is 3.72. The van der Waals surface area contributed by atoms with Crippen LogP contribution in [0.5, 0.6) is 0 Å². The number of hydrogen-bond acceptors (Lipinski definition) is 3. The first-order valence-corrected chi connectivity index (χ1v) is 9.76. The molecule has 8 heteroatoms. The van der Waals surface area contributed by atoms with Crippen LogP contribution in [0.15, 0.2) is 36.4 Å². The fraction of sp³-hybridized carbons (Fsp3) is 0.286. The number of carbonyl (C=O) groups excluding carboxylic acids is 3. The highest BCUT2D eigenvalue weighted by Gasteiger charge is 2.37. The smallest absolute Gasteiger partial charge is 0.239 e. The lowest BCUT2D eigenvalue weighted by atomic mass is 10.0. The molecule has 0 saturated carbocycles. The fourth-order valence-corrected chi connectivity index (χ4v) is 3.95. The molecule has 0 bridgehead atoms. The van der Waals surface area contributed by atoms with Crippen molar-refractivity contribution in [1.82, 2.24) is 5.32 Å². The quantitative estimate of drug-likeness (QED) is 0.753. The van der Waals surface area contributed by atoms with Gasteiger partial charge in [0.15, 0.2) is 0 Å². The number of anilines is 2. The molecule has 0 spiro atoms. The predicted molar refractivity (Wildman–Crippen MR) is 107 cm³/mol. The summed E-state index contributed by atoms with van der Waals surface area (Å²) in [4.78, 5) is 38.4. The number of amides is 3. The molecule has 29 heavy (non-hydrogen) atoms. The van der Waals surface area contributed by atoms with Gasteiger partial charge in [0.05, 0.1) is 0 Å². The molecule has 3 amide bonds. The maximum Gasteiger partial charge on any atom is 0.239 e. The maximum atomic E-state index is 13.9. The summed E-state index contributed by atoms with van der Waals surface area (Å²) in [6, 6.07) is 9.74. The van der Waals surface area contributed by atoms with Crippen LogP contribution >= 0.6 is 11.6 Å². The van der Waals surface area contributed by atoms with E-state index in [0.717, 1.165) is 11.3 Å². The van der Waals surface area contributed by atoms with E-state index in [0.29, 0.717) is 31.5 Å². The van der Waals surface area contributed by atoms with Gasteiger partial charge in [-0.3, -0.25) is 14.4 Å². The van der Waals surface area contributed by atoms with Crippen molar-refractivity contribution in [3.63, 3.8) is 0 Å². The van der Waals surface area contributed by atoms with Gasteiger partial charge in [-0.15, -0.1) is 0 Å². The summed E-state index contributed by atoms with van der Waals surface area (Å²) < 4.78 is 13.9. The molecular formula is C21H19ClFN3O3. The van der Waals surface area contributed by atoms with Crippen LogP contribution in [0, 0.1) is 11.7 Å². The van der Waals surface area contributed by atoms with Gasteiger partial charge in [0.1, 0.15) is 11.7 Å². The van der Waals surface area contributed by atoms with Crippen molar-refractivity contribution in [3.05, 3.63) is 58.4 Å². The normalized spacial score (nSPS) is 18.4. The van der Waals surface area contributed by atoms with Gasteiger partial charge in [-0.2, -0.15) is 0 Å². The predicted octanol–water partition coefficient (Wildman–Crippen LogP) is 3.03. The molecule has 4 rings (SSSR count). The molecule has 2 aliphatic rings. The van der Waals surface area contributed by atoms with Crippen LogP contribution in [0.1, 0.15) is 24.0 Å². The van der Waals surface area contributed by atoms with Crippen LogP contribution in [0.3, 0.4) is 0 Å². The molecule has 1 unspecified atom stereocenters. The summed E-state index contributed by atoms with van der Waals surface area (Å²) in [5, 5.41) is 5.66. The second-order valence-electron chi connectivity index (χ2n) is 7.14. The number of fused-ring (bicyclic) bond motifs is 1. The molecule has 2 aliphatic heterocycles. The summed E-state index contributed by atoms with van der Waals surface area (Å²) >= 11 is 5.98. The molecule has 6 nitrogen and oxygen atoms in total. The van der Waals surface area contributed by atoms with Crippen molar-refractivity contribution in [1.29, 1.82) is 0 Å². The van der Waals surface area contributed by atoms with E-state index < -0.39 is 17.6 Å². The topological polar surface area (TPSA) is 78.5 Å². The largest absolute Gasteiger partial charge is 0.351 e. The lowest BCUT2D eigenvalue weighted by Gasteiger charge is -2.22. The average molecular weight is 416 g/mol. The zero-order chi connectivity index (χ0) is 20.5. The van der Waals surface area contributed by atoms with E-state index in [2.05, 4.69) is 10.6 Å². The van der Waals surface area contributed by atoms with Crippen LogP contribution in [0.4, 0.5) is 15.8 Å². The van der Waals surface area contributed by atoms with Crippen LogP contribution in [0.2, 0.25) is 5.02 Å². The van der Waals surface area contributed by atoms with E-state index in [1.54, 1.807) is 23.1 Å². The Morgan fingerprint density at radius 2 is 2.07 bits per heavy atom. The van der Waals surface area contributed by atoms with Crippen molar-refractivity contribution in [2.45, 2.75) is 25.8 Å². The van der Waals surface area contributed by atoms with Crippen LogP contribution in [-0.4, -0.2) is 24.3 Å². The number of carbonyl (C=O) groups is 3. The number of aryl methyl sites for hydroxylation is 1. The zero-order valence-corrected chi connectivity index (χ0v) is 16.3. The SMILES string of the molecule is O=C1CCc2cc(N3CCC(C(=O)NCc4c(F)cccc4Cl)C3=O)ccc2N1. The Kier molecular flexibility index (Phi) is 5.24. The number of halogens is 2. The van der Waals surface area contributed by atoms with Crippen molar-refractivity contribution >= 4 is 40.7 Å². The molecule has 2 heterocycles. The molecule has 150 valence electrons. The summed E-state index contributed by atoms with van der Waals surface area (Å²) in [7, 11) is 0. The third-order valence-corrected chi connectivity index (χ3v) is 5.67. The average Bonchev–Trinajstić information content (AvgIpc) is 3.08. The minimum atomic E-state index is -0.823. The number of hydrogen-bond donors (Lipinski definition) is 2. The summed E-state index contributed by atoms with van der Waals surface area (Å²) in [5.41, 5.74) is 2.63. The third kappa shape index (κ3) is 3.82. The van der Waals surface area contributed by atoms with Gasteiger partial charge < -0.3 is 15.5 Å². The van der Waals surface area contributed by atoms with E-state index >= 15 is 0 Å². The second-order valence-corrected chi connectivity index (χ2v) is 7.55. The third-order valence-electron chi connectivity index (χ3n) is 5.32. The summed E-state index contributed by atoms with van der Waals surface area (Å²) in [5.74, 6) is -2.08. The number of nitrogens with one attached hydrogen (secondary N) is 2. The highest BCUT2D eigenvalue weighted by Crippen LogP contribution is 2.31. The van der Waals surface area contributed by atoms with Gasteiger partial charge in [0, 0.05) is 41.5 Å². The van der Waals surface area contributed by atoms with Crippen molar-refractivity contribution < 1.29 is 18.8 Å². The minimum Gasteiger partial charge on any atom is -0.351 e. The Labute approximate surface area is 172 Å². The molecule has 0 aliphatic carbocycles. The number of benzene rings is 2. The van der Waals surface area contributed by atoms with Gasteiger partial charge in [-0.1, -0.05) is 17.7 Å². The number of nitrogens with zero attached hydrogens (tertiary/aromatic N) is 1. The lowest BCUT2D eigenvalue weighted by Crippen LogP contribution is -2.36. The van der Waals surface area contributed by atoms with E-state index in [-0.39, 0.29) is 28.9 Å². The lowest BCUT2D eigenvalue weighted by molar-refractivity contribution is -0.132. The Morgan fingerprint density at radius 1 is 1.24 bits per heavy atom. The molecule has 0 radical (unpaired) electrons. The van der Waals surface area contributed by atoms with Gasteiger partial charge in [0.2, 0.25) is 17.7 Å². The van der Waals surface area contributed by atoms with Crippen LogP contribution < -0.4 is 15.5 Å². The van der Waals surface area contributed by atoms with Crippen molar-refractivity contribution in [2.24, 2.45) is 5.92 Å². The standard InChI is InChI=1S/C21H19ClFN3O3/c22-16-2-1-3-17(23)15(16)11-24-20(28)14-8-9-26(21(14)29)13-5-6-18-12(10-13)4-7-19(27)25-18/h1-3,5-6,10,14H,4,7-9,11H2,(H,24,28)(H,25,27). The van der Waals surface area contributed by atoms with Crippen molar-refractivity contribution in [3.8, 4) is 0 Å².